The lowest BCUT2D eigenvalue weighted by Crippen LogP contribution is -2.23. The molecule has 5 heteroatoms. The van der Waals surface area contributed by atoms with Crippen molar-refractivity contribution >= 4 is 21.6 Å². The van der Waals surface area contributed by atoms with Gasteiger partial charge < -0.3 is 5.73 Å². The van der Waals surface area contributed by atoms with Crippen LogP contribution in [0.25, 0.3) is 0 Å². The Kier molecular flexibility index (Phi) is 2.73. The number of pyridine rings is 1. The van der Waals surface area contributed by atoms with E-state index >= 15 is 0 Å². The van der Waals surface area contributed by atoms with Crippen molar-refractivity contribution in [2.24, 2.45) is 0 Å². The zero-order chi connectivity index (χ0) is 10.0. The third-order valence-corrected chi connectivity index (χ3v) is 2.19. The van der Waals surface area contributed by atoms with Crippen LogP contribution in [-0.4, -0.2) is 4.57 Å². The highest BCUT2D eigenvalue weighted by atomic mass is 79.9. The van der Waals surface area contributed by atoms with Crippen LogP contribution in [0.15, 0.2) is 21.5 Å². The molecule has 0 aliphatic rings. The fourth-order valence-corrected chi connectivity index (χ4v) is 1.41. The number of halogens is 1. The number of anilines is 1. The maximum absolute atomic E-state index is 11.4. The number of rotatable bonds is 1. The van der Waals surface area contributed by atoms with E-state index in [1.54, 1.807) is 6.92 Å². The van der Waals surface area contributed by atoms with E-state index in [1.165, 1.54) is 16.8 Å². The average Bonchev–Trinajstić information content (AvgIpc) is 2.10. The molecule has 68 valence electrons. The molecule has 0 amide bonds. The number of nitrogens with zero attached hydrogens (tertiary/aromatic N) is 2. The van der Waals surface area contributed by atoms with E-state index in [0.717, 1.165) is 0 Å². The lowest BCUT2D eigenvalue weighted by molar-refractivity contribution is 0.644. The van der Waals surface area contributed by atoms with Gasteiger partial charge in [0, 0.05) is 11.9 Å². The third kappa shape index (κ3) is 1.90. The van der Waals surface area contributed by atoms with E-state index in [0.29, 0.717) is 10.2 Å². The zero-order valence-electron chi connectivity index (χ0n) is 6.99. The van der Waals surface area contributed by atoms with Crippen LogP contribution in [0.3, 0.4) is 0 Å². The Balaban J connectivity index is 3.39. The molecule has 0 spiro atoms. The predicted octanol–water partition coefficient (Wildman–Crippen LogP) is 1.28. The molecule has 0 aliphatic carbocycles. The van der Waals surface area contributed by atoms with Crippen LogP contribution < -0.4 is 11.3 Å². The zero-order valence-corrected chi connectivity index (χ0v) is 8.58. The largest absolute Gasteiger partial charge is 0.398 e. The average molecular weight is 242 g/mol. The summed E-state index contributed by atoms with van der Waals surface area (Å²) in [5.41, 5.74) is 5.73. The van der Waals surface area contributed by atoms with Gasteiger partial charge in [-0.05, 0) is 28.9 Å². The molecular formula is C8H8BrN3O. The van der Waals surface area contributed by atoms with Crippen LogP contribution in [0.1, 0.15) is 13.0 Å². The highest BCUT2D eigenvalue weighted by Crippen LogP contribution is 2.11. The highest BCUT2D eigenvalue weighted by Gasteiger charge is 2.07. The monoisotopic (exact) mass is 241 g/mol. The van der Waals surface area contributed by atoms with Gasteiger partial charge in [-0.1, -0.05) is 0 Å². The van der Waals surface area contributed by atoms with E-state index in [1.807, 2.05) is 6.07 Å². The molecule has 1 rings (SSSR count). The van der Waals surface area contributed by atoms with Gasteiger partial charge in [-0.15, -0.1) is 0 Å². The topological polar surface area (TPSA) is 71.8 Å². The molecule has 0 saturated heterocycles. The maximum atomic E-state index is 11.4. The Bertz CT molecular complexity index is 418. The van der Waals surface area contributed by atoms with E-state index in [4.69, 9.17) is 11.0 Å². The lowest BCUT2D eigenvalue weighted by Gasteiger charge is -2.08. The fourth-order valence-electron chi connectivity index (χ4n) is 0.938. The fraction of sp³-hybridized carbons (Fsp3) is 0.250. The Labute approximate surface area is 83.7 Å². The van der Waals surface area contributed by atoms with Gasteiger partial charge in [-0.2, -0.15) is 5.26 Å². The number of nitriles is 1. The molecule has 1 atom stereocenters. The Hall–Kier alpha value is -1.28. The molecule has 0 saturated carbocycles. The molecule has 4 nitrogen and oxygen atoms in total. The molecule has 1 aromatic heterocycles. The van der Waals surface area contributed by atoms with Gasteiger partial charge >= 0.3 is 0 Å². The first kappa shape index (κ1) is 9.81. The molecule has 0 bridgehead atoms. The molecule has 13 heavy (non-hydrogen) atoms. The molecule has 1 unspecified atom stereocenters. The van der Waals surface area contributed by atoms with E-state index in [9.17, 15) is 4.79 Å². The number of aromatic nitrogens is 1. The summed E-state index contributed by atoms with van der Waals surface area (Å²) >= 11 is 3.07. The lowest BCUT2D eigenvalue weighted by atomic mass is 10.3. The first-order chi connectivity index (χ1) is 6.06. The minimum absolute atomic E-state index is 0.247. The van der Waals surface area contributed by atoms with Gasteiger partial charge in [-0.3, -0.25) is 9.36 Å². The molecular weight excluding hydrogens is 234 g/mol. The molecule has 1 aromatic rings. The molecule has 0 aliphatic heterocycles. The Morgan fingerprint density at radius 1 is 1.77 bits per heavy atom. The van der Waals surface area contributed by atoms with E-state index in [2.05, 4.69) is 15.9 Å². The summed E-state index contributed by atoms with van der Waals surface area (Å²) in [6.07, 6.45) is 1.46. The number of hydrogen-bond donors (Lipinski definition) is 1. The summed E-state index contributed by atoms with van der Waals surface area (Å²) in [7, 11) is 0. The Morgan fingerprint density at radius 2 is 2.38 bits per heavy atom. The Morgan fingerprint density at radius 3 is 2.92 bits per heavy atom. The molecule has 1 heterocycles. The van der Waals surface area contributed by atoms with Crippen LogP contribution >= 0.6 is 15.9 Å². The SMILES string of the molecule is CC(C#N)n1cc(N)cc(Br)c1=O. The quantitative estimate of drug-likeness (QED) is 0.806. The molecule has 0 radical (unpaired) electrons. The summed E-state index contributed by atoms with van der Waals surface area (Å²) in [4.78, 5) is 11.4. The van der Waals surface area contributed by atoms with Crippen molar-refractivity contribution in [3.8, 4) is 6.07 Å². The molecule has 0 fully saturated rings. The van der Waals surface area contributed by atoms with Crippen LogP contribution in [0, 0.1) is 11.3 Å². The standard InChI is InChI=1S/C8H8BrN3O/c1-5(3-10)12-4-6(11)2-7(9)8(12)13/h2,4-5H,11H2,1H3. The number of hydrogen-bond acceptors (Lipinski definition) is 3. The van der Waals surface area contributed by atoms with Crippen molar-refractivity contribution in [2.45, 2.75) is 13.0 Å². The first-order valence-electron chi connectivity index (χ1n) is 3.63. The van der Waals surface area contributed by atoms with Crippen molar-refractivity contribution in [3.63, 3.8) is 0 Å². The highest BCUT2D eigenvalue weighted by molar-refractivity contribution is 9.10. The van der Waals surface area contributed by atoms with Gasteiger partial charge in [0.25, 0.3) is 5.56 Å². The second-order valence-electron chi connectivity index (χ2n) is 2.64. The summed E-state index contributed by atoms with van der Waals surface area (Å²) in [5.74, 6) is 0. The van der Waals surface area contributed by atoms with Gasteiger partial charge in [0.1, 0.15) is 6.04 Å². The van der Waals surface area contributed by atoms with Crippen molar-refractivity contribution in [1.29, 1.82) is 5.26 Å². The summed E-state index contributed by atoms with van der Waals surface area (Å²) < 4.78 is 1.66. The van der Waals surface area contributed by atoms with Crippen LogP contribution in [0.2, 0.25) is 0 Å². The van der Waals surface area contributed by atoms with Crippen LogP contribution in [-0.2, 0) is 0 Å². The maximum Gasteiger partial charge on any atom is 0.266 e. The minimum Gasteiger partial charge on any atom is -0.398 e. The first-order valence-corrected chi connectivity index (χ1v) is 4.42. The van der Waals surface area contributed by atoms with Crippen LogP contribution in [0.4, 0.5) is 5.69 Å². The normalized spacial score (nSPS) is 12.1. The second kappa shape index (κ2) is 3.62. The number of nitrogens with two attached hydrogens (primary N) is 1. The van der Waals surface area contributed by atoms with Crippen molar-refractivity contribution in [1.82, 2.24) is 4.57 Å². The smallest absolute Gasteiger partial charge is 0.266 e. The molecule has 0 aromatic carbocycles. The second-order valence-corrected chi connectivity index (χ2v) is 3.49. The summed E-state index contributed by atoms with van der Waals surface area (Å²) in [6, 6.07) is 2.97. The summed E-state index contributed by atoms with van der Waals surface area (Å²) in [5, 5.41) is 8.63. The minimum atomic E-state index is -0.507. The van der Waals surface area contributed by atoms with E-state index in [-0.39, 0.29) is 5.56 Å². The van der Waals surface area contributed by atoms with Crippen molar-refractivity contribution in [2.75, 3.05) is 5.73 Å². The van der Waals surface area contributed by atoms with E-state index < -0.39 is 6.04 Å². The summed E-state index contributed by atoms with van der Waals surface area (Å²) in [6.45, 7) is 1.63. The van der Waals surface area contributed by atoms with Gasteiger partial charge in [0.15, 0.2) is 0 Å². The predicted molar refractivity (Wildman–Crippen MR) is 53.1 cm³/mol. The molecule has 2 N–H and O–H groups in total. The third-order valence-electron chi connectivity index (χ3n) is 1.62. The van der Waals surface area contributed by atoms with Crippen molar-refractivity contribution < 1.29 is 0 Å². The van der Waals surface area contributed by atoms with Crippen LogP contribution in [0.5, 0.6) is 0 Å². The van der Waals surface area contributed by atoms with Gasteiger partial charge in [0.2, 0.25) is 0 Å². The number of nitrogen functional groups attached to an aromatic ring is 1. The van der Waals surface area contributed by atoms with Crippen molar-refractivity contribution in [3.05, 3.63) is 27.1 Å². The van der Waals surface area contributed by atoms with Gasteiger partial charge in [0.05, 0.1) is 10.5 Å². The van der Waals surface area contributed by atoms with Gasteiger partial charge in [-0.25, -0.2) is 0 Å².